The number of rotatable bonds is 20. The van der Waals surface area contributed by atoms with Crippen LogP contribution in [0.15, 0.2) is 0 Å². The van der Waals surface area contributed by atoms with Gasteiger partial charge in [-0.05, 0) is 155 Å². The minimum absolute atomic E-state index is 0. The lowest BCUT2D eigenvalue weighted by Crippen LogP contribution is -2.39. The second-order valence-corrected chi connectivity index (χ2v) is 23.7. The summed E-state index contributed by atoms with van der Waals surface area (Å²) in [6, 6.07) is 0. The maximum atomic E-state index is 10.0. The van der Waals surface area contributed by atoms with E-state index in [-0.39, 0.29) is 41.7 Å². The van der Waals surface area contributed by atoms with Crippen LogP contribution in [0.3, 0.4) is 0 Å². The number of hydrogen-bond acceptors (Lipinski definition) is 7. The Morgan fingerprint density at radius 3 is 1.44 bits per heavy atom. The third kappa shape index (κ3) is 34.2. The zero-order chi connectivity index (χ0) is 51.4. The molecule has 0 aliphatic heterocycles. The summed E-state index contributed by atoms with van der Waals surface area (Å²) in [5.41, 5.74) is -0.242. The molecule has 4 aliphatic carbocycles. The van der Waals surface area contributed by atoms with Gasteiger partial charge in [0.25, 0.3) is 0 Å². The van der Waals surface area contributed by atoms with Crippen LogP contribution in [0.4, 0.5) is 0 Å². The highest BCUT2D eigenvalue weighted by Gasteiger charge is 2.37. The summed E-state index contributed by atoms with van der Waals surface area (Å²) < 4.78 is 10.6. The van der Waals surface area contributed by atoms with Crippen molar-refractivity contribution in [2.24, 2.45) is 64.6 Å². The fraction of sp³-hybridized carbons (Fsp3) is 1.00. The van der Waals surface area contributed by atoms with Crippen LogP contribution in [0.1, 0.15) is 265 Å². The van der Waals surface area contributed by atoms with Gasteiger partial charge in [0, 0.05) is 32.3 Å². The van der Waals surface area contributed by atoms with Crippen molar-refractivity contribution in [1.29, 1.82) is 0 Å². The first kappa shape index (κ1) is 71.9. The van der Waals surface area contributed by atoms with Crippen molar-refractivity contribution in [3.63, 3.8) is 0 Å². The van der Waals surface area contributed by atoms with Crippen LogP contribution >= 0.6 is 0 Å². The second kappa shape index (κ2) is 43.1. The molecule has 68 heavy (non-hydrogen) atoms. The standard InChI is InChI=1S/2C12H24O.2C10H20O.C8H18O2.C8H18O.H2O/c1-5-9(2)10-6-7-12(3,4)11(13)8-10;1-5-9(2)11-6-7-12(4,13)10(3)8-11;1-3-4-9-5-6-10(11)8(2)7-9;1-3-4-9-6-5-8(2)10(11)7-9;1-3-4-5-10-7-8(2)6-9;1-3-5-7-9-8-6-4-2;/h2*9-11,13H,5-8H2,1-4H3;2*8-11H,3-7H2,1-2H3;8-9H,3-7H2,1-2H3;3-8H2,1-2H3;1H2. The molecule has 0 aromatic heterocycles. The molecule has 8 heteroatoms. The summed E-state index contributed by atoms with van der Waals surface area (Å²) in [4.78, 5) is 0. The summed E-state index contributed by atoms with van der Waals surface area (Å²) in [5.74, 6) is 6.78. The Bertz CT molecular complexity index is 998. The molecule has 0 radical (unpaired) electrons. The highest BCUT2D eigenvalue weighted by Crippen LogP contribution is 2.42. The molecule has 0 aromatic rings. The Hall–Kier alpha value is -0.320. The fourth-order valence-corrected chi connectivity index (χ4v) is 10.1. The zero-order valence-electron chi connectivity index (χ0n) is 48.6. The first-order valence-electron chi connectivity index (χ1n) is 29.2. The topological polar surface area (TPSA) is 151 Å². The molecule has 0 bridgehead atoms. The third-order valence-corrected chi connectivity index (χ3v) is 16.8. The minimum atomic E-state index is -0.399. The van der Waals surface area contributed by atoms with Crippen LogP contribution in [-0.4, -0.2) is 88.0 Å². The highest BCUT2D eigenvalue weighted by atomic mass is 16.5. The van der Waals surface area contributed by atoms with Gasteiger partial charge in [-0.15, -0.1) is 0 Å². The summed E-state index contributed by atoms with van der Waals surface area (Å²) in [6.07, 6.45) is 28.9. The van der Waals surface area contributed by atoms with E-state index in [4.69, 9.17) is 14.6 Å². The lowest BCUT2D eigenvalue weighted by atomic mass is 9.67. The summed E-state index contributed by atoms with van der Waals surface area (Å²) >= 11 is 0. The minimum Gasteiger partial charge on any atom is -0.412 e. The maximum Gasteiger partial charge on any atom is 0.0645 e. The van der Waals surface area contributed by atoms with Gasteiger partial charge in [-0.3, -0.25) is 0 Å². The van der Waals surface area contributed by atoms with Gasteiger partial charge in [0.05, 0.1) is 30.5 Å². The third-order valence-electron chi connectivity index (χ3n) is 16.8. The predicted molar refractivity (Wildman–Crippen MR) is 294 cm³/mol. The summed E-state index contributed by atoms with van der Waals surface area (Å²) in [6.45, 7) is 38.7. The smallest absolute Gasteiger partial charge is 0.0645 e. The van der Waals surface area contributed by atoms with Crippen LogP contribution in [-0.2, 0) is 9.47 Å². The molecule has 414 valence electrons. The molecule has 14 unspecified atom stereocenters. The Kier molecular flexibility index (Phi) is 45.6. The molecule has 0 amide bonds. The molecule has 7 N–H and O–H groups in total. The maximum absolute atomic E-state index is 10.0. The number of aliphatic hydroxyl groups is 5. The zero-order valence-corrected chi connectivity index (χ0v) is 48.6. The van der Waals surface area contributed by atoms with Gasteiger partial charge < -0.3 is 40.5 Å². The van der Waals surface area contributed by atoms with Crippen LogP contribution in [0.5, 0.6) is 0 Å². The van der Waals surface area contributed by atoms with Crippen LogP contribution in [0.2, 0.25) is 0 Å². The van der Waals surface area contributed by atoms with Gasteiger partial charge in [0.1, 0.15) is 0 Å². The Balaban J connectivity index is -0.000000747. The van der Waals surface area contributed by atoms with Gasteiger partial charge >= 0.3 is 0 Å². The molecular weight excluding hydrogens is 849 g/mol. The summed E-state index contributed by atoms with van der Waals surface area (Å²) in [7, 11) is 0. The van der Waals surface area contributed by atoms with Gasteiger partial charge in [-0.25, -0.2) is 0 Å². The van der Waals surface area contributed by atoms with Crippen molar-refractivity contribution in [2.75, 3.05) is 33.0 Å². The normalized spacial score (nSPS) is 31.0. The van der Waals surface area contributed by atoms with E-state index in [1.165, 1.54) is 122 Å². The van der Waals surface area contributed by atoms with E-state index in [9.17, 15) is 20.4 Å². The molecule has 0 aromatic carbocycles. The van der Waals surface area contributed by atoms with E-state index in [0.29, 0.717) is 24.4 Å². The monoisotopic (exact) mass is 975 g/mol. The SMILES string of the molecule is CCC(C)C1CCC(C)(C)C(O)C1.CCC(C)C1CCC(C)(O)C(C)C1.CCCC1CCC(C)C(O)C1.CCCC1CCC(O)C(C)C1.CCCCOCC(C)CO.CCCCOCCCC.O. The quantitative estimate of drug-likeness (QED) is 0.0762. The molecule has 4 fully saturated rings. The van der Waals surface area contributed by atoms with Crippen molar-refractivity contribution in [1.82, 2.24) is 0 Å². The van der Waals surface area contributed by atoms with Crippen LogP contribution in [0.25, 0.3) is 0 Å². The Morgan fingerprint density at radius 2 is 1.01 bits per heavy atom. The molecular formula is C60H126O8. The lowest BCUT2D eigenvalue weighted by Gasteiger charge is -2.41. The molecule has 8 nitrogen and oxygen atoms in total. The number of hydrogen-bond donors (Lipinski definition) is 5. The lowest BCUT2D eigenvalue weighted by molar-refractivity contribution is -0.0461. The first-order valence-corrected chi connectivity index (χ1v) is 29.2. The average Bonchev–Trinajstić information content (AvgIpc) is 3.30. The molecule has 14 atom stereocenters. The van der Waals surface area contributed by atoms with E-state index >= 15 is 0 Å². The van der Waals surface area contributed by atoms with Gasteiger partial charge in [0.15, 0.2) is 0 Å². The van der Waals surface area contributed by atoms with Crippen molar-refractivity contribution in [3.05, 3.63) is 0 Å². The first-order chi connectivity index (χ1) is 31.6. The van der Waals surface area contributed by atoms with Gasteiger partial charge in [0.2, 0.25) is 0 Å². The number of unbranched alkanes of at least 4 members (excludes halogenated alkanes) is 3. The van der Waals surface area contributed by atoms with Crippen LogP contribution in [0, 0.1) is 64.6 Å². The van der Waals surface area contributed by atoms with Crippen molar-refractivity contribution >= 4 is 0 Å². The number of aliphatic hydroxyl groups excluding tert-OH is 4. The van der Waals surface area contributed by atoms with Crippen molar-refractivity contribution in [3.8, 4) is 0 Å². The molecule has 0 spiro atoms. The molecule has 4 rings (SSSR count). The van der Waals surface area contributed by atoms with Gasteiger partial charge in [-0.1, -0.05) is 168 Å². The fourth-order valence-electron chi connectivity index (χ4n) is 10.1. The highest BCUT2D eigenvalue weighted by molar-refractivity contribution is 4.89. The van der Waals surface area contributed by atoms with Crippen molar-refractivity contribution < 1.29 is 40.5 Å². The Labute approximate surface area is 425 Å². The molecule has 0 heterocycles. The molecule has 4 aliphatic rings. The number of ether oxygens (including phenoxy) is 2. The average molecular weight is 976 g/mol. The molecule has 4 saturated carbocycles. The van der Waals surface area contributed by atoms with E-state index in [0.717, 1.165) is 87.4 Å². The second-order valence-electron chi connectivity index (χ2n) is 23.7. The van der Waals surface area contributed by atoms with E-state index in [1.54, 1.807) is 0 Å². The van der Waals surface area contributed by atoms with Crippen molar-refractivity contribution in [2.45, 2.75) is 289 Å². The van der Waals surface area contributed by atoms with Crippen LogP contribution < -0.4 is 0 Å². The van der Waals surface area contributed by atoms with E-state index < -0.39 is 5.60 Å². The molecule has 0 saturated heterocycles. The summed E-state index contributed by atoms with van der Waals surface area (Å²) in [5, 5.41) is 47.6. The van der Waals surface area contributed by atoms with E-state index in [1.807, 2.05) is 13.8 Å². The Morgan fingerprint density at radius 1 is 0.544 bits per heavy atom. The van der Waals surface area contributed by atoms with Gasteiger partial charge in [-0.2, -0.15) is 0 Å². The predicted octanol–water partition coefficient (Wildman–Crippen LogP) is 14.8. The largest absolute Gasteiger partial charge is 0.412 e. The van der Waals surface area contributed by atoms with E-state index in [2.05, 4.69) is 96.9 Å².